The van der Waals surface area contributed by atoms with E-state index in [2.05, 4.69) is 0 Å². The van der Waals surface area contributed by atoms with Crippen LogP contribution in [0.1, 0.15) is 24.2 Å². The number of carbonyl (C=O) groups excluding carboxylic acids is 1. The van der Waals surface area contributed by atoms with Gasteiger partial charge in [-0.2, -0.15) is 0 Å². The van der Waals surface area contributed by atoms with E-state index >= 15 is 0 Å². The highest BCUT2D eigenvalue weighted by Gasteiger charge is 2.26. The topological polar surface area (TPSA) is 86.9 Å². The lowest BCUT2D eigenvalue weighted by Gasteiger charge is -2.30. The van der Waals surface area contributed by atoms with Crippen LogP contribution in [0.5, 0.6) is 5.75 Å². The molecule has 0 heterocycles. The van der Waals surface area contributed by atoms with Gasteiger partial charge in [0.05, 0.1) is 10.5 Å². The number of hydrogen-bond acceptors (Lipinski definition) is 5. The Morgan fingerprint density at radius 3 is 2.52 bits per heavy atom. The van der Waals surface area contributed by atoms with Gasteiger partial charge in [0.1, 0.15) is 0 Å². The summed E-state index contributed by atoms with van der Waals surface area (Å²) in [6.45, 7) is 4.85. The van der Waals surface area contributed by atoms with Crippen LogP contribution in [0.4, 0.5) is 5.69 Å². The molecular formula is C14H21N3O4. The van der Waals surface area contributed by atoms with Crippen LogP contribution in [0.25, 0.3) is 0 Å². The number of carbonyl (C=O) groups is 1. The number of rotatable bonds is 6. The van der Waals surface area contributed by atoms with Crippen molar-refractivity contribution in [3.8, 4) is 5.75 Å². The molecule has 1 atom stereocenters. The van der Waals surface area contributed by atoms with Gasteiger partial charge in [-0.05, 0) is 34.0 Å². The molecule has 0 saturated heterocycles. The Labute approximate surface area is 123 Å². The molecule has 0 aliphatic carbocycles. The zero-order chi connectivity index (χ0) is 16.2. The molecule has 0 aliphatic rings. The minimum Gasteiger partial charge on any atom is -0.502 e. The average Bonchev–Trinajstić information content (AvgIpc) is 2.38. The van der Waals surface area contributed by atoms with Crippen molar-refractivity contribution in [2.24, 2.45) is 0 Å². The molecule has 0 aromatic heterocycles. The first-order valence-corrected chi connectivity index (χ1v) is 6.71. The fraction of sp³-hybridized carbons (Fsp3) is 0.500. The Balaban J connectivity index is 3.11. The first-order chi connectivity index (χ1) is 9.79. The summed E-state index contributed by atoms with van der Waals surface area (Å²) in [6, 6.07) is 3.90. The minimum atomic E-state index is -0.703. The Hall–Kier alpha value is -2.15. The second-order valence-electron chi connectivity index (χ2n) is 5.13. The highest BCUT2D eigenvalue weighted by atomic mass is 16.6. The van der Waals surface area contributed by atoms with Crippen LogP contribution in [0.2, 0.25) is 0 Å². The molecule has 1 amide bonds. The molecule has 116 valence electrons. The number of nitro benzene ring substituents is 1. The number of nitro groups is 1. The molecule has 1 aromatic rings. The van der Waals surface area contributed by atoms with Crippen LogP contribution in [-0.4, -0.2) is 59.0 Å². The maximum absolute atomic E-state index is 12.5. The molecule has 7 heteroatoms. The third kappa shape index (κ3) is 3.91. The molecule has 0 spiro atoms. The highest BCUT2D eigenvalue weighted by Crippen LogP contribution is 2.30. The number of benzene rings is 1. The van der Waals surface area contributed by atoms with Crippen LogP contribution < -0.4 is 0 Å². The molecule has 1 N–H and O–H groups in total. The van der Waals surface area contributed by atoms with Crippen LogP contribution >= 0.6 is 0 Å². The maximum atomic E-state index is 12.5. The van der Waals surface area contributed by atoms with E-state index in [4.69, 9.17) is 0 Å². The van der Waals surface area contributed by atoms with Gasteiger partial charge in [0.2, 0.25) is 5.75 Å². The minimum absolute atomic E-state index is 0.0448. The monoisotopic (exact) mass is 295 g/mol. The first-order valence-electron chi connectivity index (χ1n) is 6.71. The quantitative estimate of drug-likeness (QED) is 0.637. The van der Waals surface area contributed by atoms with Crippen molar-refractivity contribution < 1.29 is 14.8 Å². The zero-order valence-corrected chi connectivity index (χ0v) is 12.7. The van der Waals surface area contributed by atoms with Gasteiger partial charge in [0.25, 0.3) is 5.91 Å². The van der Waals surface area contributed by atoms with E-state index in [1.807, 2.05) is 32.8 Å². The first kappa shape index (κ1) is 16.9. The van der Waals surface area contributed by atoms with Gasteiger partial charge in [-0.3, -0.25) is 14.9 Å². The molecule has 1 aromatic carbocycles. The molecule has 0 fully saturated rings. The van der Waals surface area contributed by atoms with Gasteiger partial charge in [-0.1, -0.05) is 6.07 Å². The number of likely N-dealkylation sites (N-methyl/N-ethyl adjacent to an activating group) is 2. The van der Waals surface area contributed by atoms with Gasteiger partial charge in [-0.25, -0.2) is 0 Å². The summed E-state index contributed by atoms with van der Waals surface area (Å²) < 4.78 is 0. The zero-order valence-electron chi connectivity index (χ0n) is 12.7. The molecule has 7 nitrogen and oxygen atoms in total. The van der Waals surface area contributed by atoms with E-state index in [9.17, 15) is 20.0 Å². The maximum Gasteiger partial charge on any atom is 0.311 e. The standard InChI is InChI=1S/C14H21N3O4/c1-5-16(10(2)9-15(3)4)14(19)11-7-6-8-12(13(11)18)17(20)21/h6-8,10,18H,5,9H2,1-4H3. The van der Waals surface area contributed by atoms with E-state index in [1.54, 1.807) is 4.90 Å². The number of amides is 1. The molecular weight excluding hydrogens is 274 g/mol. The van der Waals surface area contributed by atoms with Crippen LogP contribution in [0.3, 0.4) is 0 Å². The summed E-state index contributed by atoms with van der Waals surface area (Å²) in [5, 5.41) is 20.8. The van der Waals surface area contributed by atoms with Crippen molar-refractivity contribution in [3.05, 3.63) is 33.9 Å². The molecule has 21 heavy (non-hydrogen) atoms. The van der Waals surface area contributed by atoms with Crippen LogP contribution in [0, 0.1) is 10.1 Å². The van der Waals surface area contributed by atoms with Crippen LogP contribution in [0.15, 0.2) is 18.2 Å². The largest absolute Gasteiger partial charge is 0.502 e. The number of aromatic hydroxyl groups is 1. The Bertz CT molecular complexity index is 531. The molecule has 1 rings (SSSR count). The molecule has 0 radical (unpaired) electrons. The summed E-state index contributed by atoms with van der Waals surface area (Å²) >= 11 is 0. The molecule has 1 unspecified atom stereocenters. The van der Waals surface area contributed by atoms with Crippen LogP contribution in [-0.2, 0) is 0 Å². The van der Waals surface area contributed by atoms with Gasteiger partial charge in [0, 0.05) is 25.2 Å². The Kier molecular flexibility index (Phi) is 5.66. The summed E-state index contributed by atoms with van der Waals surface area (Å²) in [7, 11) is 3.80. The van der Waals surface area contributed by atoms with Gasteiger partial charge < -0.3 is 14.9 Å². The van der Waals surface area contributed by atoms with Gasteiger partial charge in [-0.15, -0.1) is 0 Å². The normalized spacial score (nSPS) is 12.2. The van der Waals surface area contributed by atoms with E-state index in [0.717, 1.165) is 0 Å². The average molecular weight is 295 g/mol. The van der Waals surface area contributed by atoms with E-state index in [1.165, 1.54) is 18.2 Å². The Morgan fingerprint density at radius 2 is 2.05 bits per heavy atom. The number of phenols is 1. The number of hydrogen-bond donors (Lipinski definition) is 1. The highest BCUT2D eigenvalue weighted by molar-refractivity contribution is 5.98. The van der Waals surface area contributed by atoms with Gasteiger partial charge >= 0.3 is 5.69 Å². The van der Waals surface area contributed by atoms with Crippen molar-refractivity contribution >= 4 is 11.6 Å². The van der Waals surface area contributed by atoms with Crippen molar-refractivity contribution in [1.29, 1.82) is 0 Å². The third-order valence-electron chi connectivity index (χ3n) is 3.20. The SMILES string of the molecule is CCN(C(=O)c1cccc([N+](=O)[O-])c1O)C(C)CN(C)C. The van der Waals surface area contributed by atoms with Crippen molar-refractivity contribution in [2.75, 3.05) is 27.2 Å². The Morgan fingerprint density at radius 1 is 1.43 bits per heavy atom. The number of nitrogens with zero attached hydrogens (tertiary/aromatic N) is 3. The number of phenolic OH excluding ortho intramolecular Hbond substituents is 1. The smallest absolute Gasteiger partial charge is 0.311 e. The number of para-hydroxylation sites is 1. The fourth-order valence-electron chi connectivity index (χ4n) is 2.29. The lowest BCUT2D eigenvalue weighted by molar-refractivity contribution is -0.385. The second-order valence-corrected chi connectivity index (χ2v) is 5.13. The fourth-order valence-corrected chi connectivity index (χ4v) is 2.29. The summed E-state index contributed by atoms with van der Waals surface area (Å²) in [6.07, 6.45) is 0. The van der Waals surface area contributed by atoms with Gasteiger partial charge in [0.15, 0.2) is 0 Å². The molecule has 0 saturated carbocycles. The van der Waals surface area contributed by atoms with Crippen molar-refractivity contribution in [3.63, 3.8) is 0 Å². The lowest BCUT2D eigenvalue weighted by atomic mass is 10.1. The predicted molar refractivity (Wildman–Crippen MR) is 79.5 cm³/mol. The second kappa shape index (κ2) is 7.03. The van der Waals surface area contributed by atoms with Crippen molar-refractivity contribution in [2.45, 2.75) is 19.9 Å². The predicted octanol–water partition coefficient (Wildman–Crippen LogP) is 1.71. The summed E-state index contributed by atoms with van der Waals surface area (Å²) in [4.78, 5) is 26.2. The van der Waals surface area contributed by atoms with Crippen molar-refractivity contribution in [1.82, 2.24) is 9.80 Å². The third-order valence-corrected chi connectivity index (χ3v) is 3.20. The lowest BCUT2D eigenvalue weighted by Crippen LogP contribution is -2.43. The van der Waals surface area contributed by atoms with E-state index in [-0.39, 0.29) is 11.6 Å². The van der Waals surface area contributed by atoms with E-state index < -0.39 is 22.3 Å². The molecule has 0 aliphatic heterocycles. The van der Waals surface area contributed by atoms with E-state index in [0.29, 0.717) is 13.1 Å². The summed E-state index contributed by atoms with van der Waals surface area (Å²) in [5.41, 5.74) is -0.506. The summed E-state index contributed by atoms with van der Waals surface area (Å²) in [5.74, 6) is -0.990. The molecule has 0 bridgehead atoms.